The minimum absolute atomic E-state index is 0.143. The van der Waals surface area contributed by atoms with E-state index in [0.29, 0.717) is 37.3 Å². The van der Waals surface area contributed by atoms with E-state index in [0.717, 1.165) is 6.07 Å². The number of carbonyl (C=O) groups is 1. The second-order valence-electron chi connectivity index (χ2n) is 6.65. The van der Waals surface area contributed by atoms with Crippen LogP contribution in [-0.2, 0) is 6.42 Å². The Morgan fingerprint density at radius 3 is 2.87 bits per heavy atom. The number of aromatic nitrogens is 4. The van der Waals surface area contributed by atoms with Gasteiger partial charge < -0.3 is 14.2 Å². The van der Waals surface area contributed by atoms with E-state index in [1.54, 1.807) is 0 Å². The van der Waals surface area contributed by atoms with Crippen molar-refractivity contribution in [1.29, 1.82) is 0 Å². The van der Waals surface area contributed by atoms with Crippen LogP contribution in [0.25, 0.3) is 11.6 Å². The van der Waals surface area contributed by atoms with Gasteiger partial charge in [-0.1, -0.05) is 17.3 Å². The van der Waals surface area contributed by atoms with Crippen molar-refractivity contribution in [3.05, 3.63) is 54.2 Å². The molecule has 1 aromatic carbocycles. The first kappa shape index (κ1) is 19.8. The van der Waals surface area contributed by atoms with E-state index in [1.807, 2.05) is 0 Å². The molecular formula is C19H16F3N5O3. The van der Waals surface area contributed by atoms with Gasteiger partial charge in [0.1, 0.15) is 11.4 Å². The molecule has 1 saturated heterocycles. The van der Waals surface area contributed by atoms with E-state index in [4.69, 9.17) is 4.52 Å². The Kier molecular flexibility index (Phi) is 5.34. The first-order valence-corrected chi connectivity index (χ1v) is 9.15. The van der Waals surface area contributed by atoms with Gasteiger partial charge in [-0.2, -0.15) is 4.98 Å². The van der Waals surface area contributed by atoms with Crippen LogP contribution in [0, 0.1) is 0 Å². The highest BCUT2D eigenvalue weighted by molar-refractivity contribution is 5.97. The second kappa shape index (κ2) is 8.09. The maximum absolute atomic E-state index is 13.0. The monoisotopic (exact) mass is 419 g/mol. The molecule has 1 aliphatic rings. The number of hydrogen-bond donors (Lipinski definition) is 0. The van der Waals surface area contributed by atoms with E-state index in [2.05, 4.69) is 24.8 Å². The number of halogens is 3. The van der Waals surface area contributed by atoms with Crippen LogP contribution in [0.5, 0.6) is 5.75 Å². The van der Waals surface area contributed by atoms with Gasteiger partial charge >= 0.3 is 6.36 Å². The van der Waals surface area contributed by atoms with Crippen molar-refractivity contribution in [2.75, 3.05) is 6.54 Å². The number of ether oxygens (including phenoxy) is 1. The minimum atomic E-state index is -4.89. The quantitative estimate of drug-likeness (QED) is 0.626. The summed E-state index contributed by atoms with van der Waals surface area (Å²) in [7, 11) is 0. The van der Waals surface area contributed by atoms with Crippen LogP contribution in [0.1, 0.15) is 29.0 Å². The average Bonchev–Trinajstić information content (AvgIpc) is 3.37. The predicted octanol–water partition coefficient (Wildman–Crippen LogP) is 3.27. The number of alkyl halides is 3. The fourth-order valence-electron chi connectivity index (χ4n) is 3.39. The van der Waals surface area contributed by atoms with E-state index in [-0.39, 0.29) is 17.5 Å². The average molecular weight is 419 g/mol. The lowest BCUT2D eigenvalue weighted by atomic mass is 10.1. The molecule has 3 heterocycles. The molecular weight excluding hydrogens is 403 g/mol. The molecule has 0 saturated carbocycles. The molecule has 30 heavy (non-hydrogen) atoms. The van der Waals surface area contributed by atoms with Crippen LogP contribution in [0.3, 0.4) is 0 Å². The van der Waals surface area contributed by atoms with Gasteiger partial charge in [-0.05, 0) is 25.0 Å². The summed E-state index contributed by atoms with van der Waals surface area (Å²) in [5.41, 5.74) is 0.281. The van der Waals surface area contributed by atoms with Crippen molar-refractivity contribution < 1.29 is 27.2 Å². The maximum Gasteiger partial charge on any atom is 0.573 e. The largest absolute Gasteiger partial charge is 0.573 e. The Morgan fingerprint density at radius 2 is 2.10 bits per heavy atom. The second-order valence-corrected chi connectivity index (χ2v) is 6.65. The molecule has 0 N–H and O–H groups in total. The maximum atomic E-state index is 13.0. The molecule has 1 aliphatic heterocycles. The van der Waals surface area contributed by atoms with Gasteiger partial charge in [0.2, 0.25) is 0 Å². The zero-order chi connectivity index (χ0) is 21.1. The standard InChI is InChI=1S/C19H16F3N5O3/c20-19(21,22)29-15-6-2-1-5-13(15)18(28)27-9-3-4-12(27)10-16-25-17(30-26-16)14-11-23-7-8-24-14/h1-2,5-8,11-12H,3-4,9-10H2. The van der Waals surface area contributed by atoms with E-state index in [1.165, 1.54) is 41.7 Å². The molecule has 4 rings (SSSR count). The zero-order valence-electron chi connectivity index (χ0n) is 15.5. The Labute approximate surface area is 168 Å². The molecule has 1 atom stereocenters. The van der Waals surface area contributed by atoms with Crippen molar-refractivity contribution in [2.45, 2.75) is 31.7 Å². The normalized spacial score (nSPS) is 16.6. The van der Waals surface area contributed by atoms with Gasteiger partial charge in [-0.3, -0.25) is 9.78 Å². The molecule has 0 aliphatic carbocycles. The fourth-order valence-corrected chi connectivity index (χ4v) is 3.39. The highest BCUT2D eigenvalue weighted by atomic mass is 19.4. The fraction of sp³-hybridized carbons (Fsp3) is 0.316. The van der Waals surface area contributed by atoms with Gasteiger partial charge in [-0.15, -0.1) is 13.2 Å². The minimum Gasteiger partial charge on any atom is -0.405 e. The lowest BCUT2D eigenvalue weighted by molar-refractivity contribution is -0.274. The van der Waals surface area contributed by atoms with E-state index >= 15 is 0 Å². The Morgan fingerprint density at radius 1 is 1.27 bits per heavy atom. The van der Waals surface area contributed by atoms with Crippen molar-refractivity contribution >= 4 is 5.91 Å². The Hall–Kier alpha value is -3.50. The lowest BCUT2D eigenvalue weighted by Crippen LogP contribution is -2.37. The number of rotatable bonds is 5. The van der Waals surface area contributed by atoms with Crippen LogP contribution in [-0.4, -0.2) is 49.9 Å². The zero-order valence-corrected chi connectivity index (χ0v) is 15.5. The van der Waals surface area contributed by atoms with Gasteiger partial charge in [-0.25, -0.2) is 4.98 Å². The highest BCUT2D eigenvalue weighted by Crippen LogP contribution is 2.30. The third-order valence-corrected chi connectivity index (χ3v) is 4.65. The summed E-state index contributed by atoms with van der Waals surface area (Å²) < 4.78 is 47.3. The van der Waals surface area contributed by atoms with Crippen LogP contribution in [0.2, 0.25) is 0 Å². The van der Waals surface area contributed by atoms with Crippen molar-refractivity contribution in [3.8, 4) is 17.3 Å². The van der Waals surface area contributed by atoms with Crippen LogP contribution in [0.15, 0.2) is 47.4 Å². The summed E-state index contributed by atoms with van der Waals surface area (Å²) in [5, 5.41) is 3.92. The summed E-state index contributed by atoms with van der Waals surface area (Å²) >= 11 is 0. The molecule has 156 valence electrons. The number of amides is 1. The number of likely N-dealkylation sites (tertiary alicyclic amines) is 1. The molecule has 1 fully saturated rings. The molecule has 2 aromatic heterocycles. The third kappa shape index (κ3) is 4.39. The van der Waals surface area contributed by atoms with E-state index < -0.39 is 18.0 Å². The molecule has 11 heteroatoms. The number of carbonyl (C=O) groups excluding carboxylic acids is 1. The third-order valence-electron chi connectivity index (χ3n) is 4.65. The molecule has 3 aromatic rings. The molecule has 0 spiro atoms. The molecule has 0 bridgehead atoms. The summed E-state index contributed by atoms with van der Waals surface area (Å²) in [5.74, 6) is -0.474. The van der Waals surface area contributed by atoms with Crippen molar-refractivity contribution in [3.63, 3.8) is 0 Å². The van der Waals surface area contributed by atoms with E-state index in [9.17, 15) is 18.0 Å². The Balaban J connectivity index is 1.51. The number of para-hydroxylation sites is 1. The SMILES string of the molecule is O=C(c1ccccc1OC(F)(F)F)N1CCCC1Cc1noc(-c2cnccn2)n1. The summed E-state index contributed by atoms with van der Waals surface area (Å²) in [6.45, 7) is 0.415. The van der Waals surface area contributed by atoms with Gasteiger partial charge in [0.25, 0.3) is 11.8 Å². The molecule has 1 amide bonds. The molecule has 8 nitrogen and oxygen atoms in total. The van der Waals surface area contributed by atoms with Gasteiger partial charge in [0.15, 0.2) is 5.82 Å². The summed E-state index contributed by atoms with van der Waals surface area (Å²) in [4.78, 5) is 26.8. The smallest absolute Gasteiger partial charge is 0.405 e. The van der Waals surface area contributed by atoms with Crippen LogP contribution >= 0.6 is 0 Å². The lowest BCUT2D eigenvalue weighted by Gasteiger charge is -2.25. The van der Waals surface area contributed by atoms with Crippen molar-refractivity contribution in [2.24, 2.45) is 0 Å². The van der Waals surface area contributed by atoms with Crippen LogP contribution in [0.4, 0.5) is 13.2 Å². The number of hydrogen-bond acceptors (Lipinski definition) is 7. The van der Waals surface area contributed by atoms with Gasteiger partial charge in [0.05, 0.1) is 11.8 Å². The Bertz CT molecular complexity index is 1030. The highest BCUT2D eigenvalue weighted by Gasteiger charge is 2.36. The number of nitrogens with zero attached hydrogens (tertiary/aromatic N) is 5. The van der Waals surface area contributed by atoms with Crippen LogP contribution < -0.4 is 4.74 Å². The summed E-state index contributed by atoms with van der Waals surface area (Å²) in [6.07, 6.45) is 1.30. The molecule has 1 unspecified atom stereocenters. The topological polar surface area (TPSA) is 94.2 Å². The molecule has 0 radical (unpaired) electrons. The van der Waals surface area contributed by atoms with Gasteiger partial charge in [0, 0.05) is 31.4 Å². The first-order valence-electron chi connectivity index (χ1n) is 9.15. The number of benzene rings is 1. The predicted molar refractivity (Wildman–Crippen MR) is 96.2 cm³/mol. The first-order chi connectivity index (χ1) is 14.4. The van der Waals surface area contributed by atoms with Crippen molar-refractivity contribution in [1.82, 2.24) is 25.0 Å². The summed E-state index contributed by atoms with van der Waals surface area (Å²) in [6, 6.07) is 5.04.